The van der Waals surface area contributed by atoms with Gasteiger partial charge in [0.1, 0.15) is 5.82 Å². The molecule has 2 aliphatic heterocycles. The second-order valence-electron chi connectivity index (χ2n) is 7.60. The predicted molar refractivity (Wildman–Crippen MR) is 93.9 cm³/mol. The lowest BCUT2D eigenvalue weighted by Gasteiger charge is -2.40. The van der Waals surface area contributed by atoms with Gasteiger partial charge in [-0.25, -0.2) is 4.39 Å². The number of likely N-dealkylation sites (tertiary alicyclic amines) is 1. The molecule has 5 heteroatoms. The minimum atomic E-state index is -0.209. The highest BCUT2D eigenvalue weighted by Crippen LogP contribution is 2.49. The Labute approximate surface area is 148 Å². The topological polar surface area (TPSA) is 32.8 Å². The van der Waals surface area contributed by atoms with Crippen molar-refractivity contribution in [1.29, 1.82) is 0 Å². The zero-order chi connectivity index (χ0) is 17.2. The van der Waals surface area contributed by atoms with Gasteiger partial charge in [0.15, 0.2) is 0 Å². The second-order valence-corrected chi connectivity index (χ2v) is 7.60. The van der Waals surface area contributed by atoms with Crippen molar-refractivity contribution in [2.75, 3.05) is 39.4 Å². The summed E-state index contributed by atoms with van der Waals surface area (Å²) in [5.41, 5.74) is 0.972. The predicted octanol–water partition coefficient (Wildman–Crippen LogP) is 2.64. The molecule has 1 amide bonds. The van der Waals surface area contributed by atoms with Crippen molar-refractivity contribution in [3.8, 4) is 0 Å². The molecule has 0 aromatic heterocycles. The molecule has 3 aliphatic rings. The fraction of sp³-hybridized carbons (Fsp3) is 0.650. The average molecular weight is 346 g/mol. The number of hydrogen-bond donors (Lipinski definition) is 0. The first-order valence-electron chi connectivity index (χ1n) is 9.58. The number of ether oxygens (including phenoxy) is 1. The molecule has 2 heterocycles. The standard InChI is InChI=1S/C20H27FN2O2/c21-16-5-3-4-15(12-16)18-13-19(18)20(24)23-7-2-1-6-17(23)14-22-8-10-25-11-9-22/h3-5,12,17-19H,1-2,6-11,13-14H2/t17-,18+,19+/m0/s1. The number of amides is 1. The molecule has 0 N–H and O–H groups in total. The van der Waals surface area contributed by atoms with Gasteiger partial charge in [0.2, 0.25) is 5.91 Å². The smallest absolute Gasteiger partial charge is 0.226 e. The first kappa shape index (κ1) is 17.0. The van der Waals surface area contributed by atoms with E-state index in [1.807, 2.05) is 6.07 Å². The highest BCUT2D eigenvalue weighted by molar-refractivity contribution is 5.83. The summed E-state index contributed by atoms with van der Waals surface area (Å²) in [6, 6.07) is 7.06. The van der Waals surface area contributed by atoms with Gasteiger partial charge in [0, 0.05) is 38.1 Å². The van der Waals surface area contributed by atoms with Crippen LogP contribution >= 0.6 is 0 Å². The van der Waals surface area contributed by atoms with Crippen molar-refractivity contribution in [2.45, 2.75) is 37.6 Å². The number of nitrogens with zero attached hydrogens (tertiary/aromatic N) is 2. The summed E-state index contributed by atoms with van der Waals surface area (Å²) >= 11 is 0. The number of carbonyl (C=O) groups excluding carboxylic acids is 1. The average Bonchev–Trinajstić information content (AvgIpc) is 3.43. The number of halogens is 1. The lowest BCUT2D eigenvalue weighted by atomic mass is 10.00. The third-order valence-corrected chi connectivity index (χ3v) is 5.87. The molecule has 0 bridgehead atoms. The first-order chi connectivity index (χ1) is 12.2. The number of piperidine rings is 1. The van der Waals surface area contributed by atoms with Crippen LogP contribution in [0, 0.1) is 11.7 Å². The molecule has 0 radical (unpaired) electrons. The van der Waals surface area contributed by atoms with E-state index in [-0.39, 0.29) is 23.6 Å². The van der Waals surface area contributed by atoms with Crippen LogP contribution in [0.3, 0.4) is 0 Å². The Kier molecular flexibility index (Phi) is 5.04. The molecule has 0 unspecified atom stereocenters. The fourth-order valence-electron chi connectivity index (χ4n) is 4.35. The van der Waals surface area contributed by atoms with E-state index in [0.29, 0.717) is 6.04 Å². The van der Waals surface area contributed by atoms with E-state index < -0.39 is 0 Å². The minimum absolute atomic E-state index is 0.0482. The molecule has 136 valence electrons. The van der Waals surface area contributed by atoms with Crippen molar-refractivity contribution < 1.29 is 13.9 Å². The van der Waals surface area contributed by atoms with Crippen molar-refractivity contribution in [1.82, 2.24) is 9.80 Å². The van der Waals surface area contributed by atoms with Gasteiger partial charge in [-0.2, -0.15) is 0 Å². The largest absolute Gasteiger partial charge is 0.379 e. The number of benzene rings is 1. The first-order valence-corrected chi connectivity index (χ1v) is 9.58. The molecular formula is C20H27FN2O2. The Morgan fingerprint density at radius 2 is 2.04 bits per heavy atom. The van der Waals surface area contributed by atoms with Crippen LogP contribution < -0.4 is 0 Å². The SMILES string of the molecule is O=C([C@@H]1C[C@@H]1c1cccc(F)c1)N1CCCC[C@H]1CN1CCOCC1. The molecule has 4 nitrogen and oxygen atoms in total. The van der Waals surface area contributed by atoms with Crippen molar-refractivity contribution in [3.05, 3.63) is 35.6 Å². The second kappa shape index (κ2) is 7.42. The summed E-state index contributed by atoms with van der Waals surface area (Å²) < 4.78 is 18.9. The summed E-state index contributed by atoms with van der Waals surface area (Å²) in [7, 11) is 0. The maximum atomic E-state index is 13.4. The van der Waals surface area contributed by atoms with E-state index in [4.69, 9.17) is 4.74 Å². The van der Waals surface area contributed by atoms with E-state index in [1.165, 1.54) is 12.5 Å². The number of hydrogen-bond acceptors (Lipinski definition) is 3. The third-order valence-electron chi connectivity index (χ3n) is 5.87. The molecule has 0 spiro atoms. The van der Waals surface area contributed by atoms with Crippen LogP contribution in [0.4, 0.5) is 4.39 Å². The van der Waals surface area contributed by atoms with Crippen LogP contribution in [-0.2, 0) is 9.53 Å². The molecule has 3 atom stereocenters. The van der Waals surface area contributed by atoms with Crippen molar-refractivity contribution in [3.63, 3.8) is 0 Å². The van der Waals surface area contributed by atoms with Crippen molar-refractivity contribution in [2.24, 2.45) is 5.92 Å². The maximum absolute atomic E-state index is 13.4. The Morgan fingerprint density at radius 1 is 1.20 bits per heavy atom. The van der Waals surface area contributed by atoms with Crippen LogP contribution in [0.15, 0.2) is 24.3 Å². The summed E-state index contributed by atoms with van der Waals surface area (Å²) in [5.74, 6) is 0.326. The summed E-state index contributed by atoms with van der Waals surface area (Å²) in [6.07, 6.45) is 4.27. The minimum Gasteiger partial charge on any atom is -0.379 e. The normalized spacial score (nSPS) is 30.3. The lowest BCUT2D eigenvalue weighted by molar-refractivity contribution is -0.137. The van der Waals surface area contributed by atoms with Gasteiger partial charge < -0.3 is 9.64 Å². The molecule has 1 aromatic rings. The van der Waals surface area contributed by atoms with Gasteiger partial charge in [0.05, 0.1) is 13.2 Å². The Hall–Kier alpha value is -1.46. The van der Waals surface area contributed by atoms with E-state index in [0.717, 1.165) is 64.2 Å². The zero-order valence-corrected chi connectivity index (χ0v) is 14.7. The number of carbonyl (C=O) groups is 1. The van der Waals surface area contributed by atoms with Crippen LogP contribution in [0.2, 0.25) is 0 Å². The summed E-state index contributed by atoms with van der Waals surface area (Å²) in [5, 5.41) is 0. The van der Waals surface area contributed by atoms with E-state index in [9.17, 15) is 9.18 Å². The van der Waals surface area contributed by atoms with Crippen molar-refractivity contribution >= 4 is 5.91 Å². The molecule has 2 saturated heterocycles. The maximum Gasteiger partial charge on any atom is 0.226 e. The summed E-state index contributed by atoms with van der Waals surface area (Å²) in [4.78, 5) is 17.6. The molecule has 3 fully saturated rings. The molecule has 25 heavy (non-hydrogen) atoms. The monoisotopic (exact) mass is 346 g/mol. The quantitative estimate of drug-likeness (QED) is 0.840. The number of rotatable bonds is 4. The molecule has 1 aromatic carbocycles. The lowest BCUT2D eigenvalue weighted by Crippen LogP contribution is -2.51. The third kappa shape index (κ3) is 3.87. The van der Waals surface area contributed by atoms with E-state index in [2.05, 4.69) is 9.80 Å². The van der Waals surface area contributed by atoms with Gasteiger partial charge in [-0.1, -0.05) is 12.1 Å². The van der Waals surface area contributed by atoms with E-state index in [1.54, 1.807) is 12.1 Å². The molecule has 1 aliphatic carbocycles. The van der Waals surface area contributed by atoms with Crippen LogP contribution in [0.5, 0.6) is 0 Å². The van der Waals surface area contributed by atoms with E-state index >= 15 is 0 Å². The highest BCUT2D eigenvalue weighted by atomic mass is 19.1. The van der Waals surface area contributed by atoms with Gasteiger partial charge in [-0.05, 0) is 49.3 Å². The van der Waals surface area contributed by atoms with Crippen LogP contribution in [0.25, 0.3) is 0 Å². The Bertz CT molecular complexity index is 617. The van der Waals surface area contributed by atoms with Gasteiger partial charge in [0.25, 0.3) is 0 Å². The zero-order valence-electron chi connectivity index (χ0n) is 14.7. The summed E-state index contributed by atoms with van der Waals surface area (Å²) in [6.45, 7) is 5.37. The van der Waals surface area contributed by atoms with Crippen LogP contribution in [0.1, 0.15) is 37.2 Å². The molecule has 1 saturated carbocycles. The molecule has 4 rings (SSSR count). The Morgan fingerprint density at radius 3 is 2.84 bits per heavy atom. The highest BCUT2D eigenvalue weighted by Gasteiger charge is 2.47. The number of morpholine rings is 1. The van der Waals surface area contributed by atoms with Gasteiger partial charge in [-0.15, -0.1) is 0 Å². The Balaban J connectivity index is 1.39. The van der Waals surface area contributed by atoms with Gasteiger partial charge >= 0.3 is 0 Å². The van der Waals surface area contributed by atoms with Gasteiger partial charge in [-0.3, -0.25) is 9.69 Å². The molecular weight excluding hydrogens is 319 g/mol. The fourth-order valence-corrected chi connectivity index (χ4v) is 4.35. The van der Waals surface area contributed by atoms with Crippen LogP contribution in [-0.4, -0.2) is 61.1 Å².